The van der Waals surface area contributed by atoms with Crippen molar-refractivity contribution in [3.8, 4) is 17.0 Å². The Hall–Kier alpha value is -3.08. The molecule has 0 aliphatic carbocycles. The lowest BCUT2D eigenvalue weighted by atomic mass is 10.1. The van der Waals surface area contributed by atoms with Crippen LogP contribution in [0.25, 0.3) is 11.3 Å². The maximum atomic E-state index is 12.2. The third-order valence-corrected chi connectivity index (χ3v) is 4.12. The quantitative estimate of drug-likeness (QED) is 0.709. The Labute approximate surface area is 153 Å². The van der Waals surface area contributed by atoms with Crippen LogP contribution in [0.1, 0.15) is 23.6 Å². The molecule has 0 atom stereocenters. The van der Waals surface area contributed by atoms with Crippen LogP contribution in [0.15, 0.2) is 52.9 Å². The summed E-state index contributed by atoms with van der Waals surface area (Å²) in [6.07, 6.45) is 1.08. The molecule has 0 aliphatic heterocycles. The lowest BCUT2D eigenvalue weighted by Crippen LogP contribution is -2.12. The van der Waals surface area contributed by atoms with Gasteiger partial charge in [0.15, 0.2) is 5.89 Å². The summed E-state index contributed by atoms with van der Waals surface area (Å²) >= 11 is 0. The van der Waals surface area contributed by atoms with Gasteiger partial charge in [0, 0.05) is 24.6 Å². The van der Waals surface area contributed by atoms with Crippen LogP contribution < -0.4 is 10.1 Å². The molecule has 0 saturated carbocycles. The zero-order chi connectivity index (χ0) is 18.5. The first-order valence-corrected chi connectivity index (χ1v) is 8.52. The number of amides is 1. The molecular weight excluding hydrogens is 328 g/mol. The third kappa shape index (κ3) is 4.30. The van der Waals surface area contributed by atoms with Crippen LogP contribution in [0.5, 0.6) is 5.75 Å². The van der Waals surface area contributed by atoms with Crippen molar-refractivity contribution in [2.45, 2.75) is 26.7 Å². The van der Waals surface area contributed by atoms with E-state index in [-0.39, 0.29) is 5.91 Å². The third-order valence-electron chi connectivity index (χ3n) is 4.12. The number of nitrogens with zero attached hydrogens (tertiary/aromatic N) is 1. The zero-order valence-corrected chi connectivity index (χ0v) is 15.2. The number of aromatic nitrogens is 1. The molecule has 3 rings (SSSR count). The number of carbonyl (C=O) groups excluding carboxylic acids is 1. The lowest BCUT2D eigenvalue weighted by Gasteiger charge is -2.07. The second-order valence-corrected chi connectivity index (χ2v) is 6.11. The average molecular weight is 350 g/mol. The molecule has 0 bridgehead atoms. The highest BCUT2D eigenvalue weighted by Gasteiger charge is 2.10. The Morgan fingerprint density at radius 2 is 1.92 bits per heavy atom. The van der Waals surface area contributed by atoms with Crippen LogP contribution in [0.2, 0.25) is 0 Å². The van der Waals surface area contributed by atoms with Gasteiger partial charge in [0.2, 0.25) is 5.91 Å². The van der Waals surface area contributed by atoms with Crippen molar-refractivity contribution in [1.82, 2.24) is 4.98 Å². The molecule has 1 amide bonds. The van der Waals surface area contributed by atoms with Gasteiger partial charge in [-0.1, -0.05) is 24.3 Å². The molecule has 0 spiro atoms. The molecular formula is C21H22N2O3. The Morgan fingerprint density at radius 3 is 2.58 bits per heavy atom. The smallest absolute Gasteiger partial charge is 0.224 e. The molecule has 2 aromatic carbocycles. The first kappa shape index (κ1) is 17.7. The highest BCUT2D eigenvalue weighted by atomic mass is 16.5. The number of methoxy groups -OCH3 is 1. The summed E-state index contributed by atoms with van der Waals surface area (Å²) in [6.45, 7) is 3.72. The monoisotopic (exact) mass is 350 g/mol. The molecule has 0 unspecified atom stereocenters. The number of nitrogens with one attached hydrogen (secondary N) is 1. The van der Waals surface area contributed by atoms with Gasteiger partial charge in [-0.15, -0.1) is 0 Å². The van der Waals surface area contributed by atoms with E-state index in [1.807, 2.05) is 62.4 Å². The standard InChI is InChI=1S/C21H22N2O3/c1-14-21(22-15(2)26-14)17-8-10-18(11-9-17)23-20(24)12-7-16-5-4-6-19(13-16)25-3/h4-6,8-11,13H,7,12H2,1-3H3,(H,23,24). The SMILES string of the molecule is COc1cccc(CCC(=O)Nc2ccc(-c3nc(C)oc3C)cc2)c1. The van der Waals surface area contributed by atoms with Crippen LogP contribution in [0.3, 0.4) is 0 Å². The zero-order valence-electron chi connectivity index (χ0n) is 15.2. The number of anilines is 1. The summed E-state index contributed by atoms with van der Waals surface area (Å²) < 4.78 is 10.7. The number of benzene rings is 2. The number of hydrogen-bond acceptors (Lipinski definition) is 4. The molecule has 5 nitrogen and oxygen atoms in total. The lowest BCUT2D eigenvalue weighted by molar-refractivity contribution is -0.116. The van der Waals surface area contributed by atoms with E-state index in [0.717, 1.165) is 34.0 Å². The van der Waals surface area contributed by atoms with Gasteiger partial charge in [-0.3, -0.25) is 4.79 Å². The van der Waals surface area contributed by atoms with E-state index in [4.69, 9.17) is 9.15 Å². The first-order valence-electron chi connectivity index (χ1n) is 8.52. The van der Waals surface area contributed by atoms with Gasteiger partial charge in [0.25, 0.3) is 0 Å². The van der Waals surface area contributed by atoms with E-state index in [2.05, 4.69) is 10.3 Å². The van der Waals surface area contributed by atoms with E-state index in [1.54, 1.807) is 7.11 Å². The van der Waals surface area contributed by atoms with Crippen molar-refractivity contribution in [3.63, 3.8) is 0 Å². The van der Waals surface area contributed by atoms with Crippen molar-refractivity contribution < 1.29 is 13.9 Å². The maximum absolute atomic E-state index is 12.2. The molecule has 5 heteroatoms. The van der Waals surface area contributed by atoms with Gasteiger partial charge in [-0.25, -0.2) is 4.98 Å². The fourth-order valence-corrected chi connectivity index (χ4v) is 2.82. The van der Waals surface area contributed by atoms with Crippen LogP contribution in [-0.4, -0.2) is 18.0 Å². The second-order valence-electron chi connectivity index (χ2n) is 6.11. The topological polar surface area (TPSA) is 64.4 Å². The molecule has 0 aliphatic rings. The van der Waals surface area contributed by atoms with Crippen LogP contribution in [-0.2, 0) is 11.2 Å². The summed E-state index contributed by atoms with van der Waals surface area (Å²) in [5.41, 5.74) is 3.64. The first-order chi connectivity index (χ1) is 12.5. The van der Waals surface area contributed by atoms with Gasteiger partial charge >= 0.3 is 0 Å². The molecule has 134 valence electrons. The van der Waals surface area contributed by atoms with Crippen LogP contribution in [0, 0.1) is 13.8 Å². The van der Waals surface area contributed by atoms with E-state index >= 15 is 0 Å². The highest BCUT2D eigenvalue weighted by Crippen LogP contribution is 2.24. The Balaban J connectivity index is 1.58. The van der Waals surface area contributed by atoms with Crippen molar-refractivity contribution >= 4 is 11.6 Å². The Morgan fingerprint density at radius 1 is 1.15 bits per heavy atom. The normalized spacial score (nSPS) is 10.6. The highest BCUT2D eigenvalue weighted by molar-refractivity contribution is 5.91. The number of carbonyl (C=O) groups is 1. The number of aryl methyl sites for hydroxylation is 3. The van der Waals surface area contributed by atoms with Crippen molar-refractivity contribution in [2.75, 3.05) is 12.4 Å². The van der Waals surface area contributed by atoms with Crippen molar-refractivity contribution in [2.24, 2.45) is 0 Å². The van der Waals surface area contributed by atoms with Crippen LogP contribution in [0.4, 0.5) is 5.69 Å². The molecule has 1 N–H and O–H groups in total. The number of ether oxygens (including phenoxy) is 1. The average Bonchev–Trinajstić information content (AvgIpc) is 2.99. The predicted molar refractivity (Wildman–Crippen MR) is 101 cm³/mol. The fourth-order valence-electron chi connectivity index (χ4n) is 2.82. The fraction of sp³-hybridized carbons (Fsp3) is 0.238. The summed E-state index contributed by atoms with van der Waals surface area (Å²) in [6, 6.07) is 15.4. The minimum Gasteiger partial charge on any atom is -0.497 e. The van der Waals surface area contributed by atoms with E-state index in [9.17, 15) is 4.79 Å². The van der Waals surface area contributed by atoms with Crippen molar-refractivity contribution in [1.29, 1.82) is 0 Å². The molecule has 1 aromatic heterocycles. The van der Waals surface area contributed by atoms with Gasteiger partial charge in [-0.05, 0) is 43.2 Å². The van der Waals surface area contributed by atoms with Gasteiger partial charge < -0.3 is 14.5 Å². The molecule has 3 aromatic rings. The van der Waals surface area contributed by atoms with E-state index in [0.29, 0.717) is 18.7 Å². The number of oxazole rings is 1. The maximum Gasteiger partial charge on any atom is 0.224 e. The summed E-state index contributed by atoms with van der Waals surface area (Å²) in [5.74, 6) is 2.22. The van der Waals surface area contributed by atoms with E-state index in [1.165, 1.54) is 0 Å². The molecule has 1 heterocycles. The Kier molecular flexibility index (Phi) is 5.37. The molecule has 0 saturated heterocycles. The summed E-state index contributed by atoms with van der Waals surface area (Å²) in [5, 5.41) is 2.93. The second kappa shape index (κ2) is 7.87. The minimum atomic E-state index is -0.0194. The Bertz CT molecular complexity index is 898. The van der Waals surface area contributed by atoms with Crippen LogP contribution >= 0.6 is 0 Å². The van der Waals surface area contributed by atoms with Gasteiger partial charge in [-0.2, -0.15) is 0 Å². The molecule has 26 heavy (non-hydrogen) atoms. The van der Waals surface area contributed by atoms with Gasteiger partial charge in [0.05, 0.1) is 7.11 Å². The van der Waals surface area contributed by atoms with Crippen molar-refractivity contribution in [3.05, 3.63) is 65.7 Å². The summed E-state index contributed by atoms with van der Waals surface area (Å²) in [4.78, 5) is 16.6. The predicted octanol–water partition coefficient (Wildman–Crippen LogP) is 4.54. The summed E-state index contributed by atoms with van der Waals surface area (Å²) in [7, 11) is 1.64. The number of hydrogen-bond donors (Lipinski definition) is 1. The molecule has 0 radical (unpaired) electrons. The minimum absolute atomic E-state index is 0.0194. The number of rotatable bonds is 6. The van der Waals surface area contributed by atoms with E-state index < -0.39 is 0 Å². The molecule has 0 fully saturated rings. The van der Waals surface area contributed by atoms with Gasteiger partial charge in [0.1, 0.15) is 17.2 Å². The largest absolute Gasteiger partial charge is 0.497 e.